The van der Waals surface area contributed by atoms with E-state index in [1.165, 1.54) is 17.5 Å². The molecule has 2 N–H and O–H groups in total. The second-order valence-corrected chi connectivity index (χ2v) is 6.31. The summed E-state index contributed by atoms with van der Waals surface area (Å²) in [7, 11) is 1.73. The van der Waals surface area contributed by atoms with E-state index >= 15 is 0 Å². The van der Waals surface area contributed by atoms with E-state index in [0.29, 0.717) is 24.6 Å². The summed E-state index contributed by atoms with van der Waals surface area (Å²) in [6, 6.07) is 8.95. The molecule has 0 bridgehead atoms. The molecule has 0 aliphatic carbocycles. The van der Waals surface area contributed by atoms with Gasteiger partial charge in [0.05, 0.1) is 6.61 Å². The van der Waals surface area contributed by atoms with E-state index < -0.39 is 0 Å². The van der Waals surface area contributed by atoms with E-state index in [2.05, 4.69) is 43.0 Å². The van der Waals surface area contributed by atoms with Crippen LogP contribution in [-0.4, -0.2) is 31.6 Å². The van der Waals surface area contributed by atoms with Gasteiger partial charge in [0.15, 0.2) is 0 Å². The van der Waals surface area contributed by atoms with Gasteiger partial charge in [0, 0.05) is 26.2 Å². The van der Waals surface area contributed by atoms with Crippen LogP contribution in [0, 0.1) is 5.41 Å². The number of likely N-dealkylation sites (tertiary alicyclic amines) is 1. The summed E-state index contributed by atoms with van der Waals surface area (Å²) >= 11 is 0. The molecule has 3 heteroatoms. The van der Waals surface area contributed by atoms with Crippen molar-refractivity contribution in [3.63, 3.8) is 0 Å². The first-order valence-corrected chi connectivity index (χ1v) is 7.07. The molecule has 1 atom stereocenters. The van der Waals surface area contributed by atoms with Crippen LogP contribution in [0.2, 0.25) is 0 Å². The summed E-state index contributed by atoms with van der Waals surface area (Å²) in [5.74, 6) is 0. The fourth-order valence-electron chi connectivity index (χ4n) is 2.97. The van der Waals surface area contributed by atoms with Gasteiger partial charge in [-0.05, 0) is 29.5 Å². The zero-order valence-electron chi connectivity index (χ0n) is 12.4. The molecule has 106 valence electrons. The summed E-state index contributed by atoms with van der Waals surface area (Å²) in [4.78, 5) is 2.52. The first-order valence-electron chi connectivity index (χ1n) is 7.07. The maximum absolute atomic E-state index is 6.02. The Balaban J connectivity index is 2.15. The van der Waals surface area contributed by atoms with Gasteiger partial charge in [0.1, 0.15) is 0 Å². The van der Waals surface area contributed by atoms with E-state index in [-0.39, 0.29) is 0 Å². The topological polar surface area (TPSA) is 38.5 Å². The van der Waals surface area contributed by atoms with E-state index in [1.54, 1.807) is 7.11 Å². The van der Waals surface area contributed by atoms with Gasteiger partial charge in [-0.2, -0.15) is 0 Å². The van der Waals surface area contributed by atoms with E-state index in [4.69, 9.17) is 10.5 Å². The van der Waals surface area contributed by atoms with Gasteiger partial charge in [0.2, 0.25) is 0 Å². The summed E-state index contributed by atoms with van der Waals surface area (Å²) in [6.07, 6.45) is 1.25. The lowest BCUT2D eigenvalue weighted by molar-refractivity contribution is 0.184. The summed E-state index contributed by atoms with van der Waals surface area (Å²) < 4.78 is 5.21. The Bertz CT molecular complexity index is 417. The quantitative estimate of drug-likeness (QED) is 0.886. The van der Waals surface area contributed by atoms with Crippen molar-refractivity contribution in [2.45, 2.75) is 32.9 Å². The van der Waals surface area contributed by atoms with Crippen LogP contribution in [0.5, 0.6) is 0 Å². The lowest BCUT2D eigenvalue weighted by atomic mass is 9.93. The van der Waals surface area contributed by atoms with Gasteiger partial charge >= 0.3 is 0 Å². The zero-order valence-corrected chi connectivity index (χ0v) is 12.4. The van der Waals surface area contributed by atoms with Crippen molar-refractivity contribution in [2.75, 3.05) is 26.7 Å². The molecule has 1 saturated heterocycles. The Morgan fingerprint density at radius 3 is 2.79 bits per heavy atom. The number of methoxy groups -OCH3 is 1. The normalized spacial score (nSPS) is 20.6. The Kier molecular flexibility index (Phi) is 4.61. The maximum Gasteiger partial charge on any atom is 0.0713 e. The molecule has 3 nitrogen and oxygen atoms in total. The molecule has 19 heavy (non-hydrogen) atoms. The maximum atomic E-state index is 6.02. The first kappa shape index (κ1) is 14.5. The van der Waals surface area contributed by atoms with E-state index in [9.17, 15) is 0 Å². The molecule has 1 aromatic rings. The fraction of sp³-hybridized carbons (Fsp3) is 0.625. The SMILES string of the molecule is COCc1cccc(C(CN)N2CCC(C)(C)C2)c1. The van der Waals surface area contributed by atoms with Crippen molar-refractivity contribution in [3.05, 3.63) is 35.4 Å². The summed E-state index contributed by atoms with van der Waals surface area (Å²) in [6.45, 7) is 8.28. The first-order chi connectivity index (χ1) is 9.05. The van der Waals surface area contributed by atoms with Crippen LogP contribution in [-0.2, 0) is 11.3 Å². The van der Waals surface area contributed by atoms with E-state index in [1.807, 2.05) is 0 Å². The highest BCUT2D eigenvalue weighted by molar-refractivity contribution is 5.26. The van der Waals surface area contributed by atoms with Gasteiger partial charge in [-0.1, -0.05) is 38.1 Å². The highest BCUT2D eigenvalue weighted by atomic mass is 16.5. The number of nitrogens with two attached hydrogens (primary N) is 1. The molecule has 1 fully saturated rings. The smallest absolute Gasteiger partial charge is 0.0713 e. The molecule has 2 rings (SSSR count). The number of hydrogen-bond donors (Lipinski definition) is 1. The molecule has 0 spiro atoms. The molecule has 0 saturated carbocycles. The molecule has 1 aliphatic heterocycles. The molecule has 0 radical (unpaired) electrons. The third-order valence-electron chi connectivity index (χ3n) is 4.02. The number of benzene rings is 1. The van der Waals surface area contributed by atoms with Crippen LogP contribution in [0.15, 0.2) is 24.3 Å². The fourth-order valence-corrected chi connectivity index (χ4v) is 2.97. The van der Waals surface area contributed by atoms with Crippen LogP contribution < -0.4 is 5.73 Å². The Labute approximate surface area is 116 Å². The zero-order chi connectivity index (χ0) is 13.9. The highest BCUT2D eigenvalue weighted by Crippen LogP contribution is 2.34. The number of rotatable bonds is 5. The predicted octanol–water partition coefficient (Wildman–Crippen LogP) is 2.56. The van der Waals surface area contributed by atoms with Crippen LogP contribution in [0.1, 0.15) is 37.4 Å². The molecule has 1 heterocycles. The minimum absolute atomic E-state index is 0.332. The average molecular weight is 262 g/mol. The Morgan fingerprint density at radius 1 is 1.42 bits per heavy atom. The van der Waals surface area contributed by atoms with Crippen molar-refractivity contribution in [1.29, 1.82) is 0 Å². The van der Waals surface area contributed by atoms with Crippen molar-refractivity contribution in [2.24, 2.45) is 11.1 Å². The number of ether oxygens (including phenoxy) is 1. The van der Waals surface area contributed by atoms with E-state index in [0.717, 1.165) is 13.1 Å². The summed E-state index contributed by atoms with van der Waals surface area (Å²) in [5.41, 5.74) is 8.97. The molecule has 1 unspecified atom stereocenters. The lowest BCUT2D eigenvalue weighted by Crippen LogP contribution is -2.33. The lowest BCUT2D eigenvalue weighted by Gasteiger charge is -2.28. The number of hydrogen-bond acceptors (Lipinski definition) is 3. The van der Waals surface area contributed by atoms with Crippen molar-refractivity contribution in [1.82, 2.24) is 4.90 Å². The second-order valence-electron chi connectivity index (χ2n) is 6.31. The largest absolute Gasteiger partial charge is 0.380 e. The molecular formula is C16H26N2O. The molecule has 1 aromatic carbocycles. The second kappa shape index (κ2) is 6.04. The Morgan fingerprint density at radius 2 is 2.21 bits per heavy atom. The molecular weight excluding hydrogens is 236 g/mol. The monoisotopic (exact) mass is 262 g/mol. The predicted molar refractivity (Wildman–Crippen MR) is 78.9 cm³/mol. The molecule has 0 aromatic heterocycles. The van der Waals surface area contributed by atoms with Gasteiger partial charge in [-0.3, -0.25) is 4.90 Å². The van der Waals surface area contributed by atoms with Crippen molar-refractivity contribution in [3.8, 4) is 0 Å². The van der Waals surface area contributed by atoms with Gasteiger partial charge < -0.3 is 10.5 Å². The molecule has 0 amide bonds. The van der Waals surface area contributed by atoms with Gasteiger partial charge in [-0.25, -0.2) is 0 Å². The van der Waals surface area contributed by atoms with Crippen LogP contribution in [0.25, 0.3) is 0 Å². The third-order valence-corrected chi connectivity index (χ3v) is 4.02. The van der Waals surface area contributed by atoms with Crippen LogP contribution in [0.3, 0.4) is 0 Å². The van der Waals surface area contributed by atoms with Crippen LogP contribution in [0.4, 0.5) is 0 Å². The van der Waals surface area contributed by atoms with Gasteiger partial charge in [0.25, 0.3) is 0 Å². The Hall–Kier alpha value is -0.900. The summed E-state index contributed by atoms with van der Waals surface area (Å²) in [5, 5.41) is 0. The third kappa shape index (κ3) is 3.56. The average Bonchev–Trinajstić information content (AvgIpc) is 2.72. The van der Waals surface area contributed by atoms with Gasteiger partial charge in [-0.15, -0.1) is 0 Å². The van der Waals surface area contributed by atoms with Crippen molar-refractivity contribution < 1.29 is 4.74 Å². The van der Waals surface area contributed by atoms with Crippen molar-refractivity contribution >= 4 is 0 Å². The van der Waals surface area contributed by atoms with Crippen LogP contribution >= 0.6 is 0 Å². The minimum Gasteiger partial charge on any atom is -0.380 e. The number of nitrogens with zero attached hydrogens (tertiary/aromatic N) is 1. The minimum atomic E-state index is 0.332. The molecule has 1 aliphatic rings. The standard InChI is InChI=1S/C16H26N2O/c1-16(2)7-8-18(12-16)15(10-17)14-6-4-5-13(9-14)11-19-3/h4-6,9,15H,7-8,10-12,17H2,1-3H3. The highest BCUT2D eigenvalue weighted by Gasteiger charge is 2.33.